The summed E-state index contributed by atoms with van der Waals surface area (Å²) in [4.78, 5) is 8.77. The zero-order valence-electron chi connectivity index (χ0n) is 12.6. The third-order valence-corrected chi connectivity index (χ3v) is 3.71. The molecule has 4 heteroatoms. The molecule has 0 fully saturated rings. The second-order valence-corrected chi connectivity index (χ2v) is 5.27. The van der Waals surface area contributed by atoms with Gasteiger partial charge in [-0.2, -0.15) is 0 Å². The van der Waals surface area contributed by atoms with Gasteiger partial charge in [0.25, 0.3) is 0 Å². The van der Waals surface area contributed by atoms with E-state index in [1.54, 1.807) is 19.5 Å². The van der Waals surface area contributed by atoms with Crippen LogP contribution in [0.5, 0.6) is 5.88 Å². The first-order chi connectivity index (χ1) is 9.85. The fourth-order valence-electron chi connectivity index (χ4n) is 2.67. The van der Waals surface area contributed by atoms with Crippen LogP contribution in [-0.2, 0) is 0 Å². The number of hydrogen-bond donors (Lipinski definition) is 1. The van der Waals surface area contributed by atoms with E-state index in [2.05, 4.69) is 28.3 Å². The highest BCUT2D eigenvalue weighted by Gasteiger charge is 2.20. The molecule has 0 bridgehead atoms. The first kappa shape index (κ1) is 15.0. The summed E-state index contributed by atoms with van der Waals surface area (Å²) < 4.78 is 5.36. The smallest absolute Gasteiger partial charge is 0.237 e. The van der Waals surface area contributed by atoms with E-state index in [9.17, 15) is 0 Å². The molecule has 20 heavy (non-hydrogen) atoms. The van der Waals surface area contributed by atoms with E-state index in [0.29, 0.717) is 5.88 Å². The number of aromatic nitrogens is 2. The summed E-state index contributed by atoms with van der Waals surface area (Å²) >= 11 is 0. The van der Waals surface area contributed by atoms with Crippen molar-refractivity contribution < 1.29 is 4.74 Å². The van der Waals surface area contributed by atoms with Crippen LogP contribution in [0.4, 0.5) is 0 Å². The maximum Gasteiger partial charge on any atom is 0.237 e. The van der Waals surface area contributed by atoms with Gasteiger partial charge in [-0.3, -0.25) is 4.98 Å². The standard InChI is InChI=1S/C16H25N3O/c1-3-9-17-14(12-13-7-5-4-6-8-13)15-16(20-2)19-11-10-18-15/h7,10-11,14,17H,3-6,8-9,12H2,1-2H3. The van der Waals surface area contributed by atoms with Crippen molar-refractivity contribution in [2.45, 2.75) is 51.5 Å². The summed E-state index contributed by atoms with van der Waals surface area (Å²) in [5.74, 6) is 0.637. The first-order valence-electron chi connectivity index (χ1n) is 7.61. The van der Waals surface area contributed by atoms with Gasteiger partial charge in [-0.1, -0.05) is 18.6 Å². The normalized spacial score (nSPS) is 16.6. The molecule has 1 atom stereocenters. The Morgan fingerprint density at radius 3 is 2.85 bits per heavy atom. The van der Waals surface area contributed by atoms with Crippen LogP contribution in [0.2, 0.25) is 0 Å². The van der Waals surface area contributed by atoms with E-state index in [1.165, 1.54) is 31.3 Å². The van der Waals surface area contributed by atoms with Crippen LogP contribution in [0, 0.1) is 0 Å². The van der Waals surface area contributed by atoms with Gasteiger partial charge in [-0.05, 0) is 45.1 Å². The van der Waals surface area contributed by atoms with E-state index >= 15 is 0 Å². The number of nitrogens with zero attached hydrogens (tertiary/aromatic N) is 2. The van der Waals surface area contributed by atoms with E-state index in [4.69, 9.17) is 4.74 Å². The summed E-state index contributed by atoms with van der Waals surface area (Å²) in [6.07, 6.45) is 13.0. The molecule has 1 aliphatic rings. The summed E-state index contributed by atoms with van der Waals surface area (Å²) in [6, 6.07) is 0.197. The summed E-state index contributed by atoms with van der Waals surface area (Å²) in [5, 5.41) is 3.58. The maximum atomic E-state index is 5.36. The molecule has 1 N–H and O–H groups in total. The van der Waals surface area contributed by atoms with E-state index in [-0.39, 0.29) is 6.04 Å². The molecule has 0 spiro atoms. The minimum absolute atomic E-state index is 0.197. The summed E-state index contributed by atoms with van der Waals surface area (Å²) in [7, 11) is 1.66. The average molecular weight is 275 g/mol. The van der Waals surface area contributed by atoms with Crippen LogP contribution in [0.1, 0.15) is 57.2 Å². The van der Waals surface area contributed by atoms with Gasteiger partial charge in [0.05, 0.1) is 13.2 Å². The van der Waals surface area contributed by atoms with Gasteiger partial charge in [-0.15, -0.1) is 0 Å². The SMILES string of the molecule is CCCNC(CC1=CCCCC1)c1nccnc1OC. The van der Waals surface area contributed by atoms with Gasteiger partial charge < -0.3 is 10.1 Å². The average Bonchev–Trinajstić information content (AvgIpc) is 2.52. The van der Waals surface area contributed by atoms with Gasteiger partial charge in [0.1, 0.15) is 5.69 Å². The molecular weight excluding hydrogens is 250 g/mol. The zero-order valence-corrected chi connectivity index (χ0v) is 12.6. The van der Waals surface area contributed by atoms with Crippen LogP contribution in [0.15, 0.2) is 24.0 Å². The molecule has 0 saturated carbocycles. The Hall–Kier alpha value is -1.42. The maximum absolute atomic E-state index is 5.36. The minimum Gasteiger partial charge on any atom is -0.480 e. The Labute approximate surface area is 121 Å². The second-order valence-electron chi connectivity index (χ2n) is 5.27. The van der Waals surface area contributed by atoms with Crippen molar-refractivity contribution in [1.82, 2.24) is 15.3 Å². The van der Waals surface area contributed by atoms with Crippen LogP contribution >= 0.6 is 0 Å². The fourth-order valence-corrected chi connectivity index (χ4v) is 2.67. The number of nitrogens with one attached hydrogen (secondary N) is 1. The molecule has 0 radical (unpaired) electrons. The van der Waals surface area contributed by atoms with Crippen molar-refractivity contribution in [1.29, 1.82) is 0 Å². The van der Waals surface area contributed by atoms with Crippen molar-refractivity contribution >= 4 is 0 Å². The topological polar surface area (TPSA) is 47.0 Å². The van der Waals surface area contributed by atoms with E-state index < -0.39 is 0 Å². The highest BCUT2D eigenvalue weighted by atomic mass is 16.5. The molecule has 4 nitrogen and oxygen atoms in total. The largest absolute Gasteiger partial charge is 0.480 e. The quantitative estimate of drug-likeness (QED) is 0.775. The van der Waals surface area contributed by atoms with Gasteiger partial charge in [0, 0.05) is 12.4 Å². The molecule has 1 heterocycles. The van der Waals surface area contributed by atoms with Crippen molar-refractivity contribution in [3.05, 3.63) is 29.7 Å². The lowest BCUT2D eigenvalue weighted by atomic mass is 9.93. The molecule has 0 saturated heterocycles. The number of hydrogen-bond acceptors (Lipinski definition) is 4. The third-order valence-electron chi connectivity index (χ3n) is 3.71. The molecule has 1 aromatic rings. The van der Waals surface area contributed by atoms with Gasteiger partial charge in [0.2, 0.25) is 5.88 Å². The molecule has 2 rings (SSSR count). The highest BCUT2D eigenvalue weighted by Crippen LogP contribution is 2.29. The van der Waals surface area contributed by atoms with Crippen molar-refractivity contribution in [3.8, 4) is 5.88 Å². The monoisotopic (exact) mass is 275 g/mol. The molecule has 1 aromatic heterocycles. The van der Waals surface area contributed by atoms with Gasteiger partial charge in [0.15, 0.2) is 0 Å². The Morgan fingerprint density at radius 2 is 2.15 bits per heavy atom. The lowest BCUT2D eigenvalue weighted by Gasteiger charge is -2.22. The Balaban J connectivity index is 2.15. The van der Waals surface area contributed by atoms with Crippen LogP contribution in [0.3, 0.4) is 0 Å². The summed E-state index contributed by atoms with van der Waals surface area (Å²) in [6.45, 7) is 3.16. The number of allylic oxidation sites excluding steroid dienone is 1. The Bertz CT molecular complexity index is 445. The van der Waals surface area contributed by atoms with E-state index in [0.717, 1.165) is 25.1 Å². The number of ether oxygens (including phenoxy) is 1. The van der Waals surface area contributed by atoms with Crippen LogP contribution in [-0.4, -0.2) is 23.6 Å². The van der Waals surface area contributed by atoms with Crippen molar-refractivity contribution in [3.63, 3.8) is 0 Å². The predicted molar refractivity (Wildman–Crippen MR) is 80.8 cm³/mol. The molecule has 0 aliphatic heterocycles. The van der Waals surface area contributed by atoms with Crippen molar-refractivity contribution in [2.75, 3.05) is 13.7 Å². The Morgan fingerprint density at radius 1 is 1.30 bits per heavy atom. The summed E-state index contributed by atoms with van der Waals surface area (Å²) in [5.41, 5.74) is 2.47. The fraction of sp³-hybridized carbons (Fsp3) is 0.625. The molecule has 110 valence electrons. The van der Waals surface area contributed by atoms with Gasteiger partial charge >= 0.3 is 0 Å². The van der Waals surface area contributed by atoms with Gasteiger partial charge in [-0.25, -0.2) is 4.98 Å². The predicted octanol–water partition coefficient (Wildman–Crippen LogP) is 3.42. The lowest BCUT2D eigenvalue weighted by Crippen LogP contribution is -2.24. The number of methoxy groups -OCH3 is 1. The minimum atomic E-state index is 0.197. The van der Waals surface area contributed by atoms with Crippen molar-refractivity contribution in [2.24, 2.45) is 0 Å². The molecule has 0 amide bonds. The highest BCUT2D eigenvalue weighted by molar-refractivity contribution is 5.23. The van der Waals surface area contributed by atoms with E-state index in [1.807, 2.05) is 0 Å². The second kappa shape index (κ2) is 8.00. The molecule has 0 aromatic carbocycles. The van der Waals surface area contributed by atoms with Crippen LogP contribution < -0.4 is 10.1 Å². The molecular formula is C16H25N3O. The van der Waals surface area contributed by atoms with Crippen LogP contribution in [0.25, 0.3) is 0 Å². The lowest BCUT2D eigenvalue weighted by molar-refractivity contribution is 0.375. The first-order valence-corrected chi connectivity index (χ1v) is 7.61. The number of rotatable bonds is 7. The molecule has 1 aliphatic carbocycles. The third kappa shape index (κ3) is 4.04. The zero-order chi connectivity index (χ0) is 14.2. The molecule has 1 unspecified atom stereocenters. The Kier molecular flexibility index (Phi) is 5.99.